The highest BCUT2D eigenvalue weighted by atomic mass is 79.9. The van der Waals surface area contributed by atoms with Crippen LogP contribution in [-0.4, -0.2) is 39.0 Å². The lowest BCUT2D eigenvalue weighted by Gasteiger charge is -2.30. The molecule has 1 aromatic carbocycles. The molecule has 0 aliphatic carbocycles. The van der Waals surface area contributed by atoms with Crippen molar-refractivity contribution in [3.05, 3.63) is 28.5 Å². The Kier molecular flexibility index (Phi) is 4.60. The van der Waals surface area contributed by atoms with Gasteiger partial charge in [0.05, 0.1) is 9.37 Å². The normalized spacial score (nSPS) is 17.9. The molecule has 1 aromatic rings. The molecule has 1 saturated heterocycles. The topological polar surface area (TPSA) is 46.6 Å². The fourth-order valence-corrected chi connectivity index (χ4v) is 3.72. The average Bonchev–Trinajstić information content (AvgIpc) is 2.41. The van der Waals surface area contributed by atoms with Crippen LogP contribution in [0.4, 0.5) is 4.39 Å². The van der Waals surface area contributed by atoms with Gasteiger partial charge >= 0.3 is 0 Å². The standard InChI is InChI=1S/C12H15BrFNO3S/c1-15(9-4-6-18-7-5-9)19(16,17)10-2-3-11(13)12(14)8-10/h2-3,8-9H,4-7H2,1H3. The Morgan fingerprint density at radius 2 is 2.00 bits per heavy atom. The van der Waals surface area contributed by atoms with Gasteiger partial charge in [0.25, 0.3) is 0 Å². The van der Waals surface area contributed by atoms with E-state index in [1.54, 1.807) is 0 Å². The predicted octanol–water partition coefficient (Wildman–Crippen LogP) is 2.39. The van der Waals surface area contributed by atoms with Gasteiger partial charge in [-0.15, -0.1) is 0 Å². The molecule has 0 amide bonds. The number of ether oxygens (including phenoxy) is 1. The summed E-state index contributed by atoms with van der Waals surface area (Å²) in [5, 5.41) is 0. The Hall–Kier alpha value is -0.500. The Morgan fingerprint density at radius 3 is 2.58 bits per heavy atom. The van der Waals surface area contributed by atoms with Gasteiger partial charge < -0.3 is 4.74 Å². The molecule has 7 heteroatoms. The molecule has 0 radical (unpaired) electrons. The summed E-state index contributed by atoms with van der Waals surface area (Å²) < 4.78 is 45.0. The number of hydrogen-bond donors (Lipinski definition) is 0. The number of nitrogens with zero attached hydrogens (tertiary/aromatic N) is 1. The molecule has 1 fully saturated rings. The maximum absolute atomic E-state index is 13.5. The predicted molar refractivity (Wildman–Crippen MR) is 72.9 cm³/mol. The van der Waals surface area contributed by atoms with Gasteiger partial charge in [0.15, 0.2) is 0 Å². The first kappa shape index (κ1) is 14.9. The molecule has 0 N–H and O–H groups in total. The molecule has 4 nitrogen and oxygen atoms in total. The van der Waals surface area contributed by atoms with Crippen LogP contribution in [0.1, 0.15) is 12.8 Å². The highest BCUT2D eigenvalue weighted by Gasteiger charge is 2.29. The van der Waals surface area contributed by atoms with E-state index in [-0.39, 0.29) is 15.4 Å². The van der Waals surface area contributed by atoms with Crippen LogP contribution >= 0.6 is 15.9 Å². The molecule has 106 valence electrons. The average molecular weight is 352 g/mol. The molecule has 2 rings (SSSR count). The zero-order chi connectivity index (χ0) is 14.0. The molecule has 0 bridgehead atoms. The Balaban J connectivity index is 2.27. The van der Waals surface area contributed by atoms with Crippen LogP contribution in [0.25, 0.3) is 0 Å². The fourth-order valence-electron chi connectivity index (χ4n) is 2.05. The van der Waals surface area contributed by atoms with E-state index in [0.717, 1.165) is 6.07 Å². The highest BCUT2D eigenvalue weighted by molar-refractivity contribution is 9.10. The summed E-state index contributed by atoms with van der Waals surface area (Å²) in [5.41, 5.74) is 0. The highest BCUT2D eigenvalue weighted by Crippen LogP contribution is 2.24. The van der Waals surface area contributed by atoms with Crippen LogP contribution in [0.15, 0.2) is 27.6 Å². The van der Waals surface area contributed by atoms with Crippen molar-refractivity contribution in [1.82, 2.24) is 4.31 Å². The van der Waals surface area contributed by atoms with Crippen LogP contribution in [0.3, 0.4) is 0 Å². The van der Waals surface area contributed by atoms with Crippen molar-refractivity contribution in [1.29, 1.82) is 0 Å². The van der Waals surface area contributed by atoms with E-state index in [9.17, 15) is 12.8 Å². The molecule has 1 aliphatic rings. The molecule has 1 aliphatic heterocycles. The second-order valence-corrected chi connectivity index (χ2v) is 7.29. The first-order valence-electron chi connectivity index (χ1n) is 5.94. The Bertz CT molecular complexity index is 558. The third kappa shape index (κ3) is 3.16. The lowest BCUT2D eigenvalue weighted by Crippen LogP contribution is -2.40. The van der Waals surface area contributed by atoms with Crippen molar-refractivity contribution in [2.45, 2.75) is 23.8 Å². The molecule has 0 unspecified atom stereocenters. The quantitative estimate of drug-likeness (QED) is 0.839. The van der Waals surface area contributed by atoms with Gasteiger partial charge in [0.2, 0.25) is 10.0 Å². The van der Waals surface area contributed by atoms with E-state index in [0.29, 0.717) is 26.1 Å². The minimum Gasteiger partial charge on any atom is -0.381 e. The summed E-state index contributed by atoms with van der Waals surface area (Å²) >= 11 is 3.01. The number of halogens is 2. The maximum atomic E-state index is 13.5. The van der Waals surface area contributed by atoms with Gasteiger partial charge in [0, 0.05) is 26.3 Å². The lowest BCUT2D eigenvalue weighted by molar-refractivity contribution is 0.0632. The van der Waals surface area contributed by atoms with Crippen LogP contribution in [0.5, 0.6) is 0 Å². The number of rotatable bonds is 3. The Labute approximate surface area is 120 Å². The molecule has 0 aromatic heterocycles. The maximum Gasteiger partial charge on any atom is 0.243 e. The number of benzene rings is 1. The molecular formula is C12H15BrFNO3S. The largest absolute Gasteiger partial charge is 0.381 e. The van der Waals surface area contributed by atoms with E-state index in [2.05, 4.69) is 15.9 Å². The van der Waals surface area contributed by atoms with Crippen molar-refractivity contribution in [2.24, 2.45) is 0 Å². The van der Waals surface area contributed by atoms with E-state index >= 15 is 0 Å². The Morgan fingerprint density at radius 1 is 1.37 bits per heavy atom. The summed E-state index contributed by atoms with van der Waals surface area (Å²) in [6, 6.07) is 3.75. The van der Waals surface area contributed by atoms with Gasteiger partial charge in [-0.25, -0.2) is 12.8 Å². The molecule has 19 heavy (non-hydrogen) atoms. The van der Waals surface area contributed by atoms with Gasteiger partial charge in [-0.2, -0.15) is 4.31 Å². The smallest absolute Gasteiger partial charge is 0.243 e. The van der Waals surface area contributed by atoms with E-state index < -0.39 is 15.8 Å². The molecule has 1 heterocycles. The fraction of sp³-hybridized carbons (Fsp3) is 0.500. The van der Waals surface area contributed by atoms with Gasteiger partial charge in [-0.3, -0.25) is 0 Å². The van der Waals surface area contributed by atoms with Crippen LogP contribution < -0.4 is 0 Å². The van der Waals surface area contributed by atoms with Gasteiger partial charge in [-0.1, -0.05) is 0 Å². The van der Waals surface area contributed by atoms with Crippen molar-refractivity contribution < 1.29 is 17.5 Å². The van der Waals surface area contributed by atoms with E-state index in [4.69, 9.17) is 4.74 Å². The zero-order valence-corrected chi connectivity index (χ0v) is 12.9. The SMILES string of the molecule is CN(C1CCOCC1)S(=O)(=O)c1ccc(Br)c(F)c1. The van der Waals surface area contributed by atoms with Gasteiger partial charge in [0.1, 0.15) is 5.82 Å². The molecule has 0 atom stereocenters. The van der Waals surface area contributed by atoms with Gasteiger partial charge in [-0.05, 0) is 47.0 Å². The third-order valence-corrected chi connectivity index (χ3v) is 5.82. The van der Waals surface area contributed by atoms with E-state index in [1.165, 1.54) is 23.5 Å². The molecular weight excluding hydrogens is 337 g/mol. The van der Waals surface area contributed by atoms with Crippen molar-refractivity contribution in [2.75, 3.05) is 20.3 Å². The van der Waals surface area contributed by atoms with Crippen molar-refractivity contribution in [3.8, 4) is 0 Å². The summed E-state index contributed by atoms with van der Waals surface area (Å²) in [5.74, 6) is -0.582. The minimum absolute atomic E-state index is 0.0257. The number of hydrogen-bond acceptors (Lipinski definition) is 3. The monoisotopic (exact) mass is 351 g/mol. The summed E-state index contributed by atoms with van der Waals surface area (Å²) in [6.45, 7) is 1.11. The van der Waals surface area contributed by atoms with Crippen LogP contribution in [0, 0.1) is 5.82 Å². The second-order valence-electron chi connectivity index (χ2n) is 4.44. The summed E-state index contributed by atoms with van der Waals surface area (Å²) in [7, 11) is -2.13. The minimum atomic E-state index is -3.66. The first-order valence-corrected chi connectivity index (χ1v) is 8.17. The van der Waals surface area contributed by atoms with Crippen LogP contribution in [0.2, 0.25) is 0 Å². The van der Waals surface area contributed by atoms with Crippen molar-refractivity contribution in [3.63, 3.8) is 0 Å². The number of sulfonamides is 1. The third-order valence-electron chi connectivity index (χ3n) is 3.27. The first-order chi connectivity index (χ1) is 8.93. The molecule has 0 spiro atoms. The second kappa shape index (κ2) is 5.87. The summed E-state index contributed by atoms with van der Waals surface area (Å²) in [4.78, 5) is -0.0257. The molecule has 0 saturated carbocycles. The zero-order valence-electron chi connectivity index (χ0n) is 10.5. The van der Waals surface area contributed by atoms with Crippen LogP contribution in [-0.2, 0) is 14.8 Å². The van der Waals surface area contributed by atoms with E-state index in [1.807, 2.05) is 0 Å². The summed E-state index contributed by atoms with van der Waals surface area (Å²) in [6.07, 6.45) is 1.32. The lowest BCUT2D eigenvalue weighted by atomic mass is 10.1. The van der Waals surface area contributed by atoms with Crippen molar-refractivity contribution >= 4 is 26.0 Å².